The zero-order valence-corrected chi connectivity index (χ0v) is 11.1. The molecule has 0 fully saturated rings. The Labute approximate surface area is 120 Å². The van der Waals surface area contributed by atoms with E-state index in [0.29, 0.717) is 16.5 Å². The number of ether oxygens (including phenoxy) is 1. The lowest BCUT2D eigenvalue weighted by Crippen LogP contribution is -1.93. The van der Waals surface area contributed by atoms with Crippen LogP contribution in [0.4, 0.5) is 4.39 Å². The van der Waals surface area contributed by atoms with Gasteiger partial charge in [-0.1, -0.05) is 11.6 Å². The van der Waals surface area contributed by atoms with E-state index < -0.39 is 0 Å². The number of rotatable bonds is 3. The molecule has 100 valence electrons. The maximum Gasteiger partial charge on any atom is 0.165 e. The van der Waals surface area contributed by atoms with E-state index in [9.17, 15) is 4.39 Å². The van der Waals surface area contributed by atoms with Crippen LogP contribution < -0.4 is 4.74 Å². The molecule has 0 aliphatic carbocycles. The largest absolute Gasteiger partial charge is 0.454 e. The van der Waals surface area contributed by atoms with Crippen molar-refractivity contribution in [3.63, 3.8) is 0 Å². The molecule has 0 aliphatic heterocycles. The lowest BCUT2D eigenvalue weighted by Gasteiger charge is -2.02. The molecule has 0 atom stereocenters. The fraction of sp³-hybridized carbons (Fsp3) is 0. The summed E-state index contributed by atoms with van der Waals surface area (Å²) in [5.41, 5.74) is 0.761. The van der Waals surface area contributed by atoms with Crippen LogP contribution in [0.5, 0.6) is 11.5 Å². The predicted molar refractivity (Wildman–Crippen MR) is 75.0 cm³/mol. The number of halogens is 2. The van der Waals surface area contributed by atoms with E-state index in [1.807, 2.05) is 0 Å². The Morgan fingerprint density at radius 3 is 2.35 bits per heavy atom. The molecule has 0 saturated heterocycles. The summed E-state index contributed by atoms with van der Waals surface area (Å²) in [4.78, 5) is 0. The summed E-state index contributed by atoms with van der Waals surface area (Å²) >= 11 is 5.81. The Balaban J connectivity index is 1.80. The van der Waals surface area contributed by atoms with Crippen molar-refractivity contribution >= 4 is 11.6 Å². The highest BCUT2D eigenvalue weighted by Crippen LogP contribution is 2.23. The van der Waals surface area contributed by atoms with Gasteiger partial charge in [0.1, 0.15) is 11.6 Å². The van der Waals surface area contributed by atoms with Crippen LogP contribution in [0.1, 0.15) is 0 Å². The minimum absolute atomic E-state index is 0.279. The molecule has 5 heteroatoms. The summed E-state index contributed by atoms with van der Waals surface area (Å²) in [6.07, 6.45) is 3.32. The van der Waals surface area contributed by atoms with Crippen LogP contribution in [-0.2, 0) is 0 Å². The molecule has 0 unspecified atom stereocenters. The van der Waals surface area contributed by atoms with Crippen molar-refractivity contribution < 1.29 is 9.13 Å². The first kappa shape index (κ1) is 12.7. The number of hydrogen-bond donors (Lipinski definition) is 0. The Bertz CT molecular complexity index is 707. The Morgan fingerprint density at radius 1 is 0.950 bits per heavy atom. The first-order valence-corrected chi connectivity index (χ1v) is 6.32. The Hall–Kier alpha value is -2.33. The molecule has 1 heterocycles. The van der Waals surface area contributed by atoms with Gasteiger partial charge in [0.15, 0.2) is 5.75 Å². The van der Waals surface area contributed by atoms with Gasteiger partial charge >= 0.3 is 0 Å². The molecule has 3 rings (SSSR count). The molecule has 3 aromatic rings. The lowest BCUT2D eigenvalue weighted by molar-refractivity contribution is 0.482. The molecular weight excluding hydrogens is 279 g/mol. The fourth-order valence-electron chi connectivity index (χ4n) is 1.73. The van der Waals surface area contributed by atoms with Crippen molar-refractivity contribution in [1.82, 2.24) is 9.78 Å². The summed E-state index contributed by atoms with van der Waals surface area (Å²) in [5.74, 6) is 0.989. The fourth-order valence-corrected chi connectivity index (χ4v) is 1.86. The van der Waals surface area contributed by atoms with E-state index in [1.54, 1.807) is 53.5 Å². The van der Waals surface area contributed by atoms with Crippen LogP contribution in [0.15, 0.2) is 60.9 Å². The van der Waals surface area contributed by atoms with Crippen molar-refractivity contribution in [3.8, 4) is 17.2 Å². The van der Waals surface area contributed by atoms with Gasteiger partial charge in [0.25, 0.3) is 0 Å². The van der Waals surface area contributed by atoms with Crippen LogP contribution in [-0.4, -0.2) is 9.78 Å². The standard InChI is InChI=1S/C15H10ClFN2O/c16-11-1-7-14(8-2-11)20-15-9-18-19(10-15)13-5-3-12(17)4-6-13/h1-10H. The Morgan fingerprint density at radius 2 is 1.65 bits per heavy atom. The molecule has 0 radical (unpaired) electrons. The van der Waals surface area contributed by atoms with Gasteiger partial charge in [0, 0.05) is 5.02 Å². The minimum Gasteiger partial charge on any atom is -0.454 e. The highest BCUT2D eigenvalue weighted by Gasteiger charge is 2.03. The van der Waals surface area contributed by atoms with E-state index >= 15 is 0 Å². The van der Waals surface area contributed by atoms with Gasteiger partial charge in [-0.3, -0.25) is 0 Å². The highest BCUT2D eigenvalue weighted by molar-refractivity contribution is 6.30. The summed E-state index contributed by atoms with van der Waals surface area (Å²) in [6, 6.07) is 13.1. The van der Waals surface area contributed by atoms with Crippen LogP contribution >= 0.6 is 11.6 Å². The first-order valence-electron chi connectivity index (χ1n) is 5.95. The predicted octanol–water partition coefficient (Wildman–Crippen LogP) is 4.46. The van der Waals surface area contributed by atoms with Gasteiger partial charge in [0.2, 0.25) is 0 Å². The van der Waals surface area contributed by atoms with Crippen LogP contribution in [0.3, 0.4) is 0 Å². The second-order valence-electron chi connectivity index (χ2n) is 4.15. The van der Waals surface area contributed by atoms with Gasteiger partial charge < -0.3 is 4.74 Å². The molecule has 0 spiro atoms. The van der Waals surface area contributed by atoms with Crippen molar-refractivity contribution in [2.24, 2.45) is 0 Å². The van der Waals surface area contributed by atoms with Crippen molar-refractivity contribution in [2.75, 3.05) is 0 Å². The second-order valence-corrected chi connectivity index (χ2v) is 4.59. The third kappa shape index (κ3) is 2.81. The van der Waals surface area contributed by atoms with Crippen LogP contribution in [0.25, 0.3) is 5.69 Å². The maximum absolute atomic E-state index is 12.9. The zero-order valence-electron chi connectivity index (χ0n) is 10.3. The average Bonchev–Trinajstić information content (AvgIpc) is 2.91. The van der Waals surface area contributed by atoms with Gasteiger partial charge in [-0.15, -0.1) is 0 Å². The molecule has 1 aromatic heterocycles. The maximum atomic E-state index is 12.9. The van der Waals surface area contributed by atoms with Gasteiger partial charge in [-0.25, -0.2) is 9.07 Å². The molecule has 20 heavy (non-hydrogen) atoms. The zero-order chi connectivity index (χ0) is 13.9. The van der Waals surface area contributed by atoms with E-state index in [4.69, 9.17) is 16.3 Å². The number of benzene rings is 2. The first-order chi connectivity index (χ1) is 9.70. The minimum atomic E-state index is -0.279. The molecule has 0 N–H and O–H groups in total. The van der Waals surface area contributed by atoms with E-state index in [2.05, 4.69) is 5.10 Å². The van der Waals surface area contributed by atoms with Crippen LogP contribution in [0.2, 0.25) is 5.02 Å². The molecule has 0 bridgehead atoms. The highest BCUT2D eigenvalue weighted by atomic mass is 35.5. The molecule has 0 saturated carbocycles. The quantitative estimate of drug-likeness (QED) is 0.711. The van der Waals surface area contributed by atoms with Crippen molar-refractivity contribution in [2.45, 2.75) is 0 Å². The summed E-state index contributed by atoms with van der Waals surface area (Å²) in [6.45, 7) is 0. The lowest BCUT2D eigenvalue weighted by atomic mass is 10.3. The topological polar surface area (TPSA) is 27.1 Å². The van der Waals surface area contributed by atoms with Crippen LogP contribution in [0, 0.1) is 5.82 Å². The third-order valence-electron chi connectivity index (χ3n) is 2.70. The van der Waals surface area contributed by atoms with Gasteiger partial charge in [-0.05, 0) is 48.5 Å². The molecular formula is C15H10ClFN2O. The summed E-state index contributed by atoms with van der Waals surface area (Å²) in [7, 11) is 0. The monoisotopic (exact) mass is 288 g/mol. The van der Waals surface area contributed by atoms with E-state index in [1.165, 1.54) is 12.1 Å². The third-order valence-corrected chi connectivity index (χ3v) is 2.95. The van der Waals surface area contributed by atoms with Crippen molar-refractivity contribution in [3.05, 3.63) is 71.8 Å². The molecule has 0 aliphatic rings. The van der Waals surface area contributed by atoms with Gasteiger partial charge in [-0.2, -0.15) is 5.10 Å². The average molecular weight is 289 g/mol. The Kier molecular flexibility index (Phi) is 3.39. The SMILES string of the molecule is Fc1ccc(-n2cc(Oc3ccc(Cl)cc3)cn2)cc1. The summed E-state index contributed by atoms with van der Waals surface area (Å²) in [5, 5.41) is 4.83. The van der Waals surface area contributed by atoms with Gasteiger partial charge in [0.05, 0.1) is 18.1 Å². The second kappa shape index (κ2) is 5.35. The molecule has 0 amide bonds. The molecule has 3 nitrogen and oxygen atoms in total. The van der Waals surface area contributed by atoms with E-state index in [0.717, 1.165) is 5.69 Å². The van der Waals surface area contributed by atoms with Crippen molar-refractivity contribution in [1.29, 1.82) is 0 Å². The molecule has 2 aromatic carbocycles. The number of hydrogen-bond acceptors (Lipinski definition) is 2. The number of nitrogens with zero attached hydrogens (tertiary/aromatic N) is 2. The summed E-state index contributed by atoms with van der Waals surface area (Å²) < 4.78 is 20.1. The number of aromatic nitrogens is 2. The van der Waals surface area contributed by atoms with E-state index in [-0.39, 0.29) is 5.82 Å². The normalized spacial score (nSPS) is 10.5. The smallest absolute Gasteiger partial charge is 0.165 e.